The summed E-state index contributed by atoms with van der Waals surface area (Å²) in [6, 6.07) is 14.6. The molecule has 9 heteroatoms. The Bertz CT molecular complexity index is 1510. The van der Waals surface area contributed by atoms with Gasteiger partial charge in [-0.2, -0.15) is 0 Å². The lowest BCUT2D eigenvalue weighted by Crippen LogP contribution is -2.39. The van der Waals surface area contributed by atoms with E-state index < -0.39 is 23.1 Å². The number of rotatable bonds is 11. The molecule has 1 N–H and O–H groups in total. The van der Waals surface area contributed by atoms with Gasteiger partial charge in [-0.05, 0) is 94.6 Å². The number of halogens is 1. The van der Waals surface area contributed by atoms with Crippen molar-refractivity contribution in [1.29, 1.82) is 0 Å². The molecule has 2 aromatic heterocycles. The van der Waals surface area contributed by atoms with E-state index in [-0.39, 0.29) is 30.4 Å². The molecule has 0 unspecified atom stereocenters. The number of esters is 1. The van der Waals surface area contributed by atoms with E-state index in [0.717, 1.165) is 33.3 Å². The number of pyridine rings is 1. The summed E-state index contributed by atoms with van der Waals surface area (Å²) in [5, 5.41) is 1.08. The zero-order valence-corrected chi connectivity index (χ0v) is 25.3. The van der Waals surface area contributed by atoms with Crippen LogP contribution in [0.4, 0.5) is 4.39 Å². The van der Waals surface area contributed by atoms with Gasteiger partial charge in [0.15, 0.2) is 0 Å². The lowest BCUT2D eigenvalue weighted by molar-refractivity contribution is -0.142. The minimum absolute atomic E-state index is 0.00221. The van der Waals surface area contributed by atoms with Crippen molar-refractivity contribution < 1.29 is 23.2 Å². The van der Waals surface area contributed by atoms with E-state index in [1.807, 2.05) is 32.9 Å². The Morgan fingerprint density at radius 2 is 1.93 bits per heavy atom. The van der Waals surface area contributed by atoms with Crippen LogP contribution in [0.25, 0.3) is 22.0 Å². The highest BCUT2D eigenvalue weighted by Crippen LogP contribution is 2.33. The van der Waals surface area contributed by atoms with E-state index >= 15 is 0 Å². The summed E-state index contributed by atoms with van der Waals surface area (Å²) in [7, 11) is 0. The van der Waals surface area contributed by atoms with E-state index in [1.54, 1.807) is 19.2 Å². The van der Waals surface area contributed by atoms with E-state index in [9.17, 15) is 13.7 Å². The lowest BCUT2D eigenvalue weighted by Gasteiger charge is -2.23. The van der Waals surface area contributed by atoms with Gasteiger partial charge in [0.2, 0.25) is 0 Å². The molecule has 4 aromatic rings. The van der Waals surface area contributed by atoms with Gasteiger partial charge in [0.05, 0.1) is 25.3 Å². The van der Waals surface area contributed by atoms with Gasteiger partial charge in [0.25, 0.3) is 0 Å². The second kappa shape index (κ2) is 13.1. The number of nitrogens with zero attached hydrogens (tertiary/aromatic N) is 2. The lowest BCUT2D eigenvalue weighted by atomic mass is 9.99. The molecule has 41 heavy (non-hydrogen) atoms. The average Bonchev–Trinajstić information content (AvgIpc) is 3.35. The first-order valence-electron chi connectivity index (χ1n) is 13.8. The number of nitrogens with one attached hydrogen (secondary N) is 1. The van der Waals surface area contributed by atoms with Crippen molar-refractivity contribution in [1.82, 2.24) is 14.3 Å². The van der Waals surface area contributed by atoms with Gasteiger partial charge < -0.3 is 18.6 Å². The maximum Gasteiger partial charge on any atom is 0.310 e. The molecule has 0 bridgehead atoms. The summed E-state index contributed by atoms with van der Waals surface area (Å²) in [5.41, 5.74) is 5.27. The van der Waals surface area contributed by atoms with Crippen molar-refractivity contribution >= 4 is 28.2 Å². The highest BCUT2D eigenvalue weighted by molar-refractivity contribution is 7.90. The fourth-order valence-corrected chi connectivity index (χ4v) is 5.24. The highest BCUT2D eigenvalue weighted by Gasteiger charge is 2.26. The zero-order chi connectivity index (χ0) is 29.7. The molecule has 7 nitrogen and oxygen atoms in total. The number of ether oxygens (including phenoxy) is 2. The van der Waals surface area contributed by atoms with Crippen molar-refractivity contribution in [3.63, 3.8) is 0 Å². The van der Waals surface area contributed by atoms with Crippen LogP contribution >= 0.6 is 0 Å². The third-order valence-electron chi connectivity index (χ3n) is 6.59. The third-order valence-corrected chi connectivity index (χ3v) is 8.10. The molecule has 0 aliphatic rings. The Kier molecular flexibility index (Phi) is 9.73. The molecule has 4 rings (SSSR count). The first-order chi connectivity index (χ1) is 19.5. The fraction of sp³-hybridized carbons (Fsp3) is 0.375. The summed E-state index contributed by atoms with van der Waals surface area (Å²) < 4.78 is 42.7. The first-order valence-corrected chi connectivity index (χ1v) is 14.9. The van der Waals surface area contributed by atoms with E-state index in [2.05, 4.69) is 52.5 Å². The predicted octanol–water partition coefficient (Wildman–Crippen LogP) is 6.66. The Hall–Kier alpha value is -3.40. The SMILES string of the molecule is CCOC(=O)Cc1ccc(F)cc1OCc1cc(-c2ccnc(CN[S@@+]([O-])C(C)(C)C)c2)c2ccn(C(C)C)c2c1. The second-order valence-corrected chi connectivity index (χ2v) is 13.2. The largest absolute Gasteiger partial charge is 0.598 e. The van der Waals surface area contributed by atoms with Crippen LogP contribution in [0.5, 0.6) is 5.75 Å². The Labute approximate surface area is 244 Å². The molecule has 218 valence electrons. The molecule has 0 aliphatic carbocycles. The fourth-order valence-electron chi connectivity index (χ4n) is 4.53. The highest BCUT2D eigenvalue weighted by atomic mass is 32.2. The van der Waals surface area contributed by atoms with Gasteiger partial charge >= 0.3 is 5.97 Å². The molecule has 0 saturated heterocycles. The molecule has 1 atom stereocenters. The van der Waals surface area contributed by atoms with Crippen LogP contribution in [-0.4, -0.2) is 31.4 Å². The van der Waals surface area contributed by atoms with Crippen molar-refractivity contribution in [3.05, 3.63) is 83.6 Å². The number of carbonyl (C=O) groups is 1. The van der Waals surface area contributed by atoms with E-state index in [0.29, 0.717) is 17.9 Å². The molecule has 0 aliphatic heterocycles. The number of aromatic nitrogens is 2. The number of hydrogen-bond donors (Lipinski definition) is 1. The van der Waals surface area contributed by atoms with Crippen LogP contribution in [0, 0.1) is 5.82 Å². The quantitative estimate of drug-likeness (QED) is 0.158. The van der Waals surface area contributed by atoms with Crippen molar-refractivity contribution in [2.24, 2.45) is 0 Å². The molecular formula is C32H38FN3O4S. The number of fused-ring (bicyclic) bond motifs is 1. The molecule has 2 aromatic carbocycles. The van der Waals surface area contributed by atoms with E-state index in [4.69, 9.17) is 9.47 Å². The van der Waals surface area contributed by atoms with E-state index in [1.165, 1.54) is 12.1 Å². The van der Waals surface area contributed by atoms with Gasteiger partial charge in [-0.3, -0.25) is 9.78 Å². The molecule has 0 spiro atoms. The van der Waals surface area contributed by atoms with Crippen LogP contribution < -0.4 is 9.46 Å². The number of benzene rings is 2. The second-order valence-electron chi connectivity index (χ2n) is 11.2. The minimum atomic E-state index is -1.21. The van der Waals surface area contributed by atoms with Gasteiger partial charge in [-0.25, -0.2) is 4.39 Å². The zero-order valence-electron chi connectivity index (χ0n) is 24.5. The standard InChI is InChI=1S/C32H38FN3O4S/c1-7-39-31(37)17-24-8-9-25(33)18-30(24)40-20-22-14-28(27-11-13-36(21(2)3)29(27)15-22)23-10-12-34-26(16-23)19-35-41(38)32(4,5)6/h8-16,18,21,35H,7,17,19-20H2,1-6H3/t41-/m0/s1. The normalized spacial score (nSPS) is 12.6. The Balaban J connectivity index is 1.67. The third kappa shape index (κ3) is 7.67. The van der Waals surface area contributed by atoms with Crippen LogP contribution in [0.15, 0.2) is 60.9 Å². The average molecular weight is 580 g/mol. The molecular weight excluding hydrogens is 541 g/mol. The van der Waals surface area contributed by atoms with Crippen molar-refractivity contribution in [2.75, 3.05) is 6.61 Å². The van der Waals surface area contributed by atoms with Gasteiger partial charge in [-0.15, -0.1) is 4.72 Å². The summed E-state index contributed by atoms with van der Waals surface area (Å²) in [5.74, 6) is -0.525. The summed E-state index contributed by atoms with van der Waals surface area (Å²) in [6.07, 6.45) is 3.83. The molecule has 0 radical (unpaired) electrons. The van der Waals surface area contributed by atoms with Crippen molar-refractivity contribution in [3.8, 4) is 16.9 Å². The number of hydrogen-bond acceptors (Lipinski definition) is 6. The summed E-state index contributed by atoms with van der Waals surface area (Å²) in [4.78, 5) is 16.6. The van der Waals surface area contributed by atoms with Crippen LogP contribution in [0.3, 0.4) is 0 Å². The van der Waals surface area contributed by atoms with Crippen LogP contribution in [-0.2, 0) is 40.5 Å². The minimum Gasteiger partial charge on any atom is -0.598 e. The van der Waals surface area contributed by atoms with Gasteiger partial charge in [0, 0.05) is 52.3 Å². The molecule has 0 fully saturated rings. The Morgan fingerprint density at radius 1 is 1.15 bits per heavy atom. The maximum absolute atomic E-state index is 14.1. The smallest absolute Gasteiger partial charge is 0.310 e. The molecule has 0 saturated carbocycles. The monoisotopic (exact) mass is 579 g/mol. The van der Waals surface area contributed by atoms with Crippen LogP contribution in [0.2, 0.25) is 0 Å². The molecule has 0 amide bonds. The summed E-state index contributed by atoms with van der Waals surface area (Å²) in [6.45, 7) is 12.6. The summed E-state index contributed by atoms with van der Waals surface area (Å²) >= 11 is -1.21. The Morgan fingerprint density at radius 3 is 2.63 bits per heavy atom. The molecule has 2 heterocycles. The van der Waals surface area contributed by atoms with Gasteiger partial charge in [-0.1, -0.05) is 6.07 Å². The van der Waals surface area contributed by atoms with Crippen molar-refractivity contribution in [2.45, 2.75) is 71.9 Å². The maximum atomic E-state index is 14.1. The predicted molar refractivity (Wildman–Crippen MR) is 161 cm³/mol. The van der Waals surface area contributed by atoms with Crippen LogP contribution in [0.1, 0.15) is 64.4 Å². The first kappa shape index (κ1) is 30.6. The van der Waals surface area contributed by atoms with Gasteiger partial charge in [0.1, 0.15) is 22.9 Å². The number of carbonyl (C=O) groups excluding carboxylic acids is 1. The topological polar surface area (TPSA) is 88.4 Å².